The number of benzene rings is 1. The second kappa shape index (κ2) is 9.19. The van der Waals surface area contributed by atoms with Gasteiger partial charge < -0.3 is 24.3 Å². The van der Waals surface area contributed by atoms with Gasteiger partial charge >= 0.3 is 5.97 Å². The van der Waals surface area contributed by atoms with Crippen molar-refractivity contribution in [3.8, 4) is 0 Å². The first-order valence-corrected chi connectivity index (χ1v) is 14.2. The molecule has 9 heteroatoms. The summed E-state index contributed by atoms with van der Waals surface area (Å²) in [7, 11) is -1.35. The van der Waals surface area contributed by atoms with Crippen LogP contribution in [0.1, 0.15) is 38.2 Å². The number of fused-ring (bicyclic) bond motifs is 2. The summed E-state index contributed by atoms with van der Waals surface area (Å²) >= 11 is 6.31. The molecule has 0 aliphatic carbocycles. The summed E-state index contributed by atoms with van der Waals surface area (Å²) in [5.74, 6) is -0.714. The highest BCUT2D eigenvalue weighted by molar-refractivity contribution is 6.71. The van der Waals surface area contributed by atoms with Gasteiger partial charge in [0.1, 0.15) is 0 Å². The highest BCUT2D eigenvalue weighted by Gasteiger charge is 2.66. The predicted molar refractivity (Wildman–Crippen MR) is 121 cm³/mol. The molecule has 31 heavy (non-hydrogen) atoms. The van der Waals surface area contributed by atoms with Crippen molar-refractivity contribution in [2.45, 2.75) is 62.9 Å². The van der Waals surface area contributed by atoms with Crippen molar-refractivity contribution in [3.05, 3.63) is 28.8 Å². The number of carbonyl (C=O) groups is 2. The highest BCUT2D eigenvalue weighted by Crippen LogP contribution is 2.59. The van der Waals surface area contributed by atoms with Crippen molar-refractivity contribution in [2.75, 3.05) is 25.2 Å². The Hall–Kier alpha value is -1.45. The molecule has 2 aliphatic rings. The third-order valence-electron chi connectivity index (χ3n) is 6.60. The minimum atomic E-state index is -2.71. The lowest BCUT2D eigenvalue weighted by atomic mass is 9.82. The maximum Gasteiger partial charge on any atom is 0.305 e. The number of nitrogens with zero attached hydrogens (tertiary/aromatic N) is 1. The van der Waals surface area contributed by atoms with E-state index in [2.05, 4.69) is 4.74 Å². The van der Waals surface area contributed by atoms with Crippen LogP contribution in [0.2, 0.25) is 23.7 Å². The van der Waals surface area contributed by atoms with Gasteiger partial charge in [0.15, 0.2) is 13.9 Å². The molecule has 3 rings (SSSR count). The summed E-state index contributed by atoms with van der Waals surface area (Å²) < 4.78 is 11.2. The number of hydrogen-bond acceptors (Lipinski definition) is 6. The van der Waals surface area contributed by atoms with Gasteiger partial charge in [-0.1, -0.05) is 18.5 Å². The summed E-state index contributed by atoms with van der Waals surface area (Å²) in [4.78, 5) is 38.0. The third-order valence-corrected chi connectivity index (χ3v) is 9.34. The number of unbranched alkanes of at least 4 members (excludes halogenated alkanes) is 1. The summed E-state index contributed by atoms with van der Waals surface area (Å²) in [5.41, 5.74) is 0.0177. The fraction of sp³-hybridized carbons (Fsp3) is 0.636. The van der Waals surface area contributed by atoms with Crippen LogP contribution in [0, 0.1) is 5.92 Å². The van der Waals surface area contributed by atoms with Gasteiger partial charge in [-0.05, 0) is 50.6 Å². The van der Waals surface area contributed by atoms with E-state index >= 15 is 0 Å². The van der Waals surface area contributed by atoms with E-state index in [4.69, 9.17) is 16.3 Å². The SMILES string of the molecule is COC(=O)CCCCN1C(=O)[C@]2(O[C@H](CCO)[C@@H]([Si](C)(C)O)[C@@H]2C)c2cc(Cl)ccc21. The normalized spacial score (nSPS) is 27.8. The third kappa shape index (κ3) is 4.28. The molecule has 2 heterocycles. The number of ether oxygens (including phenoxy) is 2. The van der Waals surface area contributed by atoms with Crippen molar-refractivity contribution in [2.24, 2.45) is 5.92 Å². The average Bonchev–Trinajstić information content (AvgIpc) is 3.12. The molecule has 7 nitrogen and oxygen atoms in total. The van der Waals surface area contributed by atoms with Gasteiger partial charge in [-0.25, -0.2) is 0 Å². The van der Waals surface area contributed by atoms with Crippen LogP contribution in [0.5, 0.6) is 0 Å². The molecule has 4 atom stereocenters. The largest absolute Gasteiger partial charge is 0.469 e. The van der Waals surface area contributed by atoms with Gasteiger partial charge in [-0.3, -0.25) is 9.59 Å². The Morgan fingerprint density at radius 2 is 2.06 bits per heavy atom. The van der Waals surface area contributed by atoms with E-state index in [1.807, 2.05) is 26.1 Å². The minimum Gasteiger partial charge on any atom is -0.469 e. The van der Waals surface area contributed by atoms with Crippen LogP contribution in [-0.4, -0.2) is 56.5 Å². The van der Waals surface area contributed by atoms with Crippen LogP contribution in [0.25, 0.3) is 0 Å². The van der Waals surface area contributed by atoms with E-state index in [9.17, 15) is 19.5 Å². The van der Waals surface area contributed by atoms with Gasteiger partial charge in [0.05, 0.1) is 18.9 Å². The van der Waals surface area contributed by atoms with Crippen molar-refractivity contribution < 1.29 is 29.0 Å². The molecule has 1 saturated heterocycles. The average molecular weight is 470 g/mol. The van der Waals surface area contributed by atoms with Crippen LogP contribution in [0.4, 0.5) is 5.69 Å². The molecule has 0 bridgehead atoms. The number of amides is 1. The van der Waals surface area contributed by atoms with E-state index in [1.54, 1.807) is 17.0 Å². The number of carbonyl (C=O) groups excluding carboxylic acids is 2. The lowest BCUT2D eigenvalue weighted by Crippen LogP contribution is -2.46. The number of halogens is 1. The number of hydrogen-bond donors (Lipinski definition) is 2. The molecular weight excluding hydrogens is 438 g/mol. The Bertz CT molecular complexity index is 844. The molecule has 2 N–H and O–H groups in total. The van der Waals surface area contributed by atoms with Crippen LogP contribution in [0.3, 0.4) is 0 Å². The summed E-state index contributed by atoms with van der Waals surface area (Å²) in [6.45, 7) is 6.02. The first kappa shape index (κ1) is 24.2. The van der Waals surface area contributed by atoms with Crippen molar-refractivity contribution in [1.29, 1.82) is 0 Å². The summed E-state index contributed by atoms with van der Waals surface area (Å²) in [6.07, 6.45) is 1.49. The van der Waals surface area contributed by atoms with E-state index in [1.165, 1.54) is 7.11 Å². The minimum absolute atomic E-state index is 0.0811. The van der Waals surface area contributed by atoms with Crippen molar-refractivity contribution >= 4 is 37.5 Å². The second-order valence-corrected chi connectivity index (χ2v) is 13.4. The van der Waals surface area contributed by atoms with Crippen LogP contribution >= 0.6 is 11.6 Å². The zero-order chi connectivity index (χ0) is 23.0. The first-order chi connectivity index (χ1) is 14.6. The van der Waals surface area contributed by atoms with Gasteiger partial charge in [0, 0.05) is 41.6 Å². The van der Waals surface area contributed by atoms with Crippen LogP contribution in [-0.2, 0) is 24.7 Å². The van der Waals surface area contributed by atoms with E-state index < -0.39 is 20.0 Å². The van der Waals surface area contributed by atoms with Crippen LogP contribution in [0.15, 0.2) is 18.2 Å². The second-order valence-electron chi connectivity index (χ2n) is 9.02. The number of esters is 1. The quantitative estimate of drug-likeness (QED) is 0.345. The molecule has 172 valence electrons. The predicted octanol–water partition coefficient (Wildman–Crippen LogP) is 3.21. The Labute approximate surface area is 189 Å². The Kier molecular flexibility index (Phi) is 7.17. The van der Waals surface area contributed by atoms with Gasteiger partial charge in [0.25, 0.3) is 5.91 Å². The molecule has 1 aromatic carbocycles. The molecular formula is C22H32ClNO6Si. The Morgan fingerprint density at radius 3 is 2.68 bits per heavy atom. The molecule has 0 saturated carbocycles. The molecule has 0 radical (unpaired) electrons. The van der Waals surface area contributed by atoms with E-state index in [0.29, 0.717) is 42.8 Å². The number of methoxy groups -OCH3 is 1. The maximum atomic E-state index is 13.9. The monoisotopic (exact) mass is 469 g/mol. The highest BCUT2D eigenvalue weighted by atomic mass is 35.5. The van der Waals surface area contributed by atoms with E-state index in [-0.39, 0.29) is 29.9 Å². The molecule has 0 unspecified atom stereocenters. The van der Waals surface area contributed by atoms with Crippen molar-refractivity contribution in [1.82, 2.24) is 0 Å². The fourth-order valence-corrected chi connectivity index (χ4v) is 8.09. The lowest BCUT2D eigenvalue weighted by Gasteiger charge is -2.32. The molecule has 1 fully saturated rings. The Balaban J connectivity index is 1.96. The first-order valence-electron chi connectivity index (χ1n) is 10.8. The number of anilines is 1. The maximum absolute atomic E-state index is 13.9. The standard InChI is InChI=1S/C22H32ClNO6Si/c1-14-20(31(3,4)28)18(10-12-25)30-22(14)16-13-15(23)8-9-17(16)24(21(22)27)11-6-5-7-19(26)29-2/h8-9,13-14,18,20,25,28H,5-7,10-12H2,1-4H3/t14-,18+,20-,22+/m0/s1. The van der Waals surface area contributed by atoms with Gasteiger partial charge in [-0.15, -0.1) is 0 Å². The number of aliphatic hydroxyl groups is 1. The van der Waals surface area contributed by atoms with Crippen molar-refractivity contribution in [3.63, 3.8) is 0 Å². The molecule has 0 aromatic heterocycles. The lowest BCUT2D eigenvalue weighted by molar-refractivity contribution is -0.146. The van der Waals surface area contributed by atoms with Crippen LogP contribution < -0.4 is 4.90 Å². The zero-order valence-corrected chi connectivity index (χ0v) is 20.3. The Morgan fingerprint density at radius 1 is 1.35 bits per heavy atom. The molecule has 2 aliphatic heterocycles. The molecule has 1 aromatic rings. The smallest absolute Gasteiger partial charge is 0.305 e. The van der Waals surface area contributed by atoms with Gasteiger partial charge in [0.2, 0.25) is 0 Å². The number of rotatable bonds is 8. The summed E-state index contributed by atoms with van der Waals surface area (Å²) in [5, 5.41) is 10.1. The molecule has 1 amide bonds. The number of aliphatic hydroxyl groups excluding tert-OH is 1. The summed E-state index contributed by atoms with van der Waals surface area (Å²) in [6, 6.07) is 5.36. The molecule has 1 spiro atoms. The zero-order valence-electron chi connectivity index (χ0n) is 18.6. The fourth-order valence-electron chi connectivity index (χ4n) is 5.31. The topological polar surface area (TPSA) is 96.3 Å². The van der Waals surface area contributed by atoms with E-state index in [0.717, 1.165) is 5.69 Å². The van der Waals surface area contributed by atoms with Gasteiger partial charge in [-0.2, -0.15) is 0 Å².